The van der Waals surface area contributed by atoms with Gasteiger partial charge in [0, 0.05) is 15.1 Å². The molecule has 0 fully saturated rings. The Labute approximate surface area is 197 Å². The predicted molar refractivity (Wildman–Crippen MR) is 126 cm³/mol. The fraction of sp³-hybridized carbons (Fsp3) is 0.150. The van der Waals surface area contributed by atoms with Gasteiger partial charge in [0.15, 0.2) is 11.7 Å². The molecule has 0 bridgehead atoms. The van der Waals surface area contributed by atoms with Gasteiger partial charge in [0.05, 0.1) is 12.1 Å². The zero-order valence-electron chi connectivity index (χ0n) is 16.4. The van der Waals surface area contributed by atoms with E-state index in [1.54, 1.807) is 43.5 Å². The van der Waals surface area contributed by atoms with E-state index in [1.165, 1.54) is 11.3 Å². The summed E-state index contributed by atoms with van der Waals surface area (Å²) in [6.07, 6.45) is 0. The van der Waals surface area contributed by atoms with Gasteiger partial charge in [-0.05, 0) is 61.1 Å². The molecular weight excluding hydrogens is 481 g/mol. The zero-order valence-corrected chi connectivity index (χ0v) is 19.5. The molecule has 7 nitrogen and oxygen atoms in total. The lowest BCUT2D eigenvalue weighted by molar-refractivity contribution is -0.123. The molecule has 0 saturated carbocycles. The summed E-state index contributed by atoms with van der Waals surface area (Å²) >= 11 is 18.5. The number of hydrazine groups is 1. The second-order valence-corrected chi connectivity index (χ2v) is 8.54. The van der Waals surface area contributed by atoms with Crippen molar-refractivity contribution in [1.29, 1.82) is 0 Å². The number of amides is 2. The molecule has 0 unspecified atom stereocenters. The zero-order chi connectivity index (χ0) is 22.5. The summed E-state index contributed by atoms with van der Waals surface area (Å²) in [5, 5.41) is 4.02. The van der Waals surface area contributed by atoms with Gasteiger partial charge in [-0.25, -0.2) is 0 Å². The standard InChI is InChI=1S/C20H17Cl2N3O4S2/c1-10-7-11(21)3-6-14(10)29-9-16(26)24-25-20(30)23-19(27)18-17(22)13-5-4-12(28-2)8-15(13)31-18/h3-8H,9H2,1-2H3,(H,24,26)(H2,23,25,27,30). The first-order valence-electron chi connectivity index (χ1n) is 8.83. The highest BCUT2D eigenvalue weighted by Crippen LogP contribution is 2.37. The number of thiocarbonyl (C=S) groups is 1. The Balaban J connectivity index is 1.52. The average Bonchev–Trinajstić information content (AvgIpc) is 3.07. The van der Waals surface area contributed by atoms with Crippen molar-refractivity contribution in [3.05, 3.63) is 56.9 Å². The number of thiophene rings is 1. The van der Waals surface area contributed by atoms with Crippen LogP contribution in [0.25, 0.3) is 10.1 Å². The number of methoxy groups -OCH3 is 1. The molecule has 0 atom stereocenters. The summed E-state index contributed by atoms with van der Waals surface area (Å²) in [4.78, 5) is 24.8. The third-order valence-corrected chi connectivity index (χ3v) is 6.18. The highest BCUT2D eigenvalue weighted by atomic mass is 35.5. The summed E-state index contributed by atoms with van der Waals surface area (Å²) in [5.74, 6) is 0.211. The maximum absolute atomic E-state index is 12.5. The summed E-state index contributed by atoms with van der Waals surface area (Å²) in [6.45, 7) is 1.56. The molecule has 2 amide bonds. The number of fused-ring (bicyclic) bond motifs is 1. The largest absolute Gasteiger partial charge is 0.497 e. The van der Waals surface area contributed by atoms with Gasteiger partial charge in [0.2, 0.25) is 0 Å². The Morgan fingerprint density at radius 2 is 1.90 bits per heavy atom. The van der Waals surface area contributed by atoms with E-state index >= 15 is 0 Å². The molecule has 3 N–H and O–H groups in total. The van der Waals surface area contributed by atoms with Gasteiger partial charge in [-0.1, -0.05) is 23.2 Å². The number of ether oxygens (including phenoxy) is 2. The van der Waals surface area contributed by atoms with E-state index in [9.17, 15) is 9.59 Å². The lowest BCUT2D eigenvalue weighted by Crippen LogP contribution is -2.49. The Hall–Kier alpha value is -2.59. The molecule has 0 aliphatic heterocycles. The minimum absolute atomic E-state index is 0.0906. The van der Waals surface area contributed by atoms with Gasteiger partial charge < -0.3 is 9.47 Å². The van der Waals surface area contributed by atoms with Crippen LogP contribution >= 0.6 is 46.8 Å². The second-order valence-electron chi connectivity index (χ2n) is 6.26. The first-order chi connectivity index (χ1) is 14.8. The minimum atomic E-state index is -0.495. The number of hydrogen-bond donors (Lipinski definition) is 3. The van der Waals surface area contributed by atoms with Crippen LogP contribution in [-0.4, -0.2) is 30.6 Å². The fourth-order valence-corrected chi connectivity index (χ4v) is 4.40. The Bertz CT molecular complexity index is 1170. The first-order valence-corrected chi connectivity index (χ1v) is 10.8. The normalized spacial score (nSPS) is 10.5. The number of hydrogen-bond acceptors (Lipinski definition) is 6. The van der Waals surface area contributed by atoms with E-state index < -0.39 is 11.8 Å². The van der Waals surface area contributed by atoms with Gasteiger partial charge in [-0.2, -0.15) is 0 Å². The van der Waals surface area contributed by atoms with Gasteiger partial charge >= 0.3 is 0 Å². The molecule has 3 aromatic rings. The summed E-state index contributed by atoms with van der Waals surface area (Å²) < 4.78 is 11.4. The van der Waals surface area contributed by atoms with Crippen molar-refractivity contribution in [2.45, 2.75) is 6.92 Å². The van der Waals surface area contributed by atoms with E-state index in [4.69, 9.17) is 44.9 Å². The van der Waals surface area contributed by atoms with E-state index in [0.717, 1.165) is 15.6 Å². The van der Waals surface area contributed by atoms with Crippen LogP contribution in [0.4, 0.5) is 0 Å². The fourth-order valence-electron chi connectivity index (χ4n) is 2.59. The molecule has 0 aliphatic rings. The minimum Gasteiger partial charge on any atom is -0.497 e. The summed E-state index contributed by atoms with van der Waals surface area (Å²) in [6, 6.07) is 10.4. The lowest BCUT2D eigenvalue weighted by atomic mass is 10.2. The van der Waals surface area contributed by atoms with Gasteiger partial charge in [0.1, 0.15) is 16.4 Å². The summed E-state index contributed by atoms with van der Waals surface area (Å²) in [5.41, 5.74) is 5.61. The Morgan fingerprint density at radius 3 is 2.61 bits per heavy atom. The monoisotopic (exact) mass is 497 g/mol. The quantitative estimate of drug-likeness (QED) is 0.360. The molecule has 0 spiro atoms. The lowest BCUT2D eigenvalue weighted by Gasteiger charge is -2.12. The number of halogens is 2. The Kier molecular flexibility index (Phi) is 7.55. The van der Waals surface area contributed by atoms with Crippen molar-refractivity contribution in [3.8, 4) is 11.5 Å². The van der Waals surface area contributed by atoms with Crippen LogP contribution in [0.15, 0.2) is 36.4 Å². The molecule has 162 valence electrons. The van der Waals surface area contributed by atoms with E-state index in [-0.39, 0.29) is 11.7 Å². The topological polar surface area (TPSA) is 88.7 Å². The molecule has 0 radical (unpaired) electrons. The molecule has 31 heavy (non-hydrogen) atoms. The van der Waals surface area contributed by atoms with Crippen LogP contribution in [-0.2, 0) is 4.79 Å². The highest BCUT2D eigenvalue weighted by molar-refractivity contribution is 7.80. The van der Waals surface area contributed by atoms with Crippen molar-refractivity contribution in [3.63, 3.8) is 0 Å². The maximum Gasteiger partial charge on any atom is 0.276 e. The molecule has 2 aromatic carbocycles. The van der Waals surface area contributed by atoms with Crippen LogP contribution in [0, 0.1) is 6.92 Å². The molecule has 11 heteroatoms. The second kappa shape index (κ2) is 10.1. The predicted octanol–water partition coefficient (Wildman–Crippen LogP) is 4.24. The first kappa shape index (κ1) is 23.1. The van der Waals surface area contributed by atoms with E-state index in [0.29, 0.717) is 26.4 Å². The van der Waals surface area contributed by atoms with Gasteiger partial charge in [-0.3, -0.25) is 25.8 Å². The number of carbonyl (C=O) groups excluding carboxylic acids is 2. The molecule has 1 heterocycles. The molecule has 0 saturated heterocycles. The van der Waals surface area contributed by atoms with E-state index in [1.807, 2.05) is 6.92 Å². The van der Waals surface area contributed by atoms with Crippen LogP contribution < -0.4 is 25.6 Å². The van der Waals surface area contributed by atoms with Crippen LogP contribution in [0.2, 0.25) is 10.0 Å². The Morgan fingerprint density at radius 1 is 1.13 bits per heavy atom. The molecule has 0 aliphatic carbocycles. The summed E-state index contributed by atoms with van der Waals surface area (Å²) in [7, 11) is 1.56. The third kappa shape index (κ3) is 5.76. The number of rotatable bonds is 5. The number of benzene rings is 2. The smallest absolute Gasteiger partial charge is 0.276 e. The van der Waals surface area contributed by atoms with Crippen LogP contribution in [0.1, 0.15) is 15.2 Å². The molecule has 1 aromatic heterocycles. The molecule has 3 rings (SSSR count). The number of aryl methyl sites for hydroxylation is 1. The highest BCUT2D eigenvalue weighted by Gasteiger charge is 2.18. The van der Waals surface area contributed by atoms with Crippen molar-refractivity contribution in [1.82, 2.24) is 16.2 Å². The van der Waals surface area contributed by atoms with Crippen molar-refractivity contribution in [2.75, 3.05) is 13.7 Å². The molecular formula is C20H17Cl2N3O4S2. The van der Waals surface area contributed by atoms with Crippen LogP contribution in [0.3, 0.4) is 0 Å². The van der Waals surface area contributed by atoms with Crippen molar-refractivity contribution < 1.29 is 19.1 Å². The third-order valence-electron chi connectivity index (χ3n) is 4.08. The number of carbonyl (C=O) groups is 2. The van der Waals surface area contributed by atoms with Crippen molar-refractivity contribution in [2.24, 2.45) is 0 Å². The SMILES string of the molecule is COc1ccc2c(Cl)c(C(=O)NC(=S)NNC(=O)COc3ccc(Cl)cc3C)sc2c1. The maximum atomic E-state index is 12.5. The van der Waals surface area contributed by atoms with Gasteiger partial charge in [-0.15, -0.1) is 11.3 Å². The van der Waals surface area contributed by atoms with Crippen molar-refractivity contribution >= 4 is 73.8 Å². The average molecular weight is 498 g/mol. The number of nitrogens with one attached hydrogen (secondary N) is 3. The van der Waals surface area contributed by atoms with Crippen LogP contribution in [0.5, 0.6) is 11.5 Å². The van der Waals surface area contributed by atoms with E-state index in [2.05, 4.69) is 16.2 Å². The van der Waals surface area contributed by atoms with Gasteiger partial charge in [0.25, 0.3) is 11.8 Å².